The van der Waals surface area contributed by atoms with Crippen LogP contribution >= 0.6 is 0 Å². The van der Waals surface area contributed by atoms with Gasteiger partial charge in [0.2, 0.25) is 5.88 Å². The van der Waals surface area contributed by atoms with Crippen LogP contribution in [0.4, 0.5) is 0 Å². The Bertz CT molecular complexity index is 1080. The Kier molecular flexibility index (Phi) is 9.89. The van der Waals surface area contributed by atoms with Crippen molar-refractivity contribution in [1.82, 2.24) is 14.7 Å². The number of para-hydroxylation sites is 2. The van der Waals surface area contributed by atoms with Crippen LogP contribution < -0.4 is 9.47 Å². The third-order valence-corrected chi connectivity index (χ3v) is 5.58. The molecule has 2 aromatic carbocycles. The molecule has 0 unspecified atom stereocenters. The number of aromatic nitrogens is 2. The smallest absolute Gasteiger partial charge is 0.222 e. The molecule has 0 bridgehead atoms. The second kappa shape index (κ2) is 12.9. The molecule has 196 valence electrons. The van der Waals surface area contributed by atoms with Crippen molar-refractivity contribution >= 4 is 0 Å². The number of aliphatic hydroxyl groups excluding tert-OH is 1. The molecular formula is C28H39N3O5. The molecule has 3 rings (SSSR count). The third kappa shape index (κ3) is 7.80. The number of methoxy groups -OCH3 is 2. The first-order chi connectivity index (χ1) is 17.2. The predicted molar refractivity (Wildman–Crippen MR) is 141 cm³/mol. The van der Waals surface area contributed by atoms with E-state index in [2.05, 4.69) is 4.90 Å². The van der Waals surface area contributed by atoms with Crippen molar-refractivity contribution in [1.29, 1.82) is 0 Å². The van der Waals surface area contributed by atoms with Crippen molar-refractivity contribution < 1.29 is 24.1 Å². The summed E-state index contributed by atoms with van der Waals surface area (Å²) in [6.07, 6.45) is -0.656. The maximum atomic E-state index is 10.7. The average molecular weight is 498 g/mol. The summed E-state index contributed by atoms with van der Waals surface area (Å²) in [5.74, 6) is 1.85. The normalized spacial score (nSPS) is 12.7. The Morgan fingerprint density at radius 3 is 2.31 bits per heavy atom. The van der Waals surface area contributed by atoms with Gasteiger partial charge < -0.3 is 24.1 Å². The maximum Gasteiger partial charge on any atom is 0.222 e. The van der Waals surface area contributed by atoms with Crippen LogP contribution in [0.25, 0.3) is 11.3 Å². The van der Waals surface area contributed by atoms with Crippen LogP contribution in [0, 0.1) is 0 Å². The summed E-state index contributed by atoms with van der Waals surface area (Å²) < 4.78 is 24.8. The van der Waals surface area contributed by atoms with E-state index in [1.165, 1.54) is 0 Å². The molecule has 1 aromatic heterocycles. The minimum absolute atomic E-state index is 0.246. The molecule has 36 heavy (non-hydrogen) atoms. The largest absolute Gasteiger partial charge is 0.493 e. The minimum atomic E-state index is -0.656. The number of rotatable bonds is 13. The molecule has 0 spiro atoms. The number of aryl methyl sites for hydroxylation is 1. The van der Waals surface area contributed by atoms with Gasteiger partial charge in [0.05, 0.1) is 37.6 Å². The quantitative estimate of drug-likeness (QED) is 0.372. The summed E-state index contributed by atoms with van der Waals surface area (Å²) in [5, 5.41) is 15.6. The fourth-order valence-corrected chi connectivity index (χ4v) is 3.83. The number of ether oxygens (including phenoxy) is 4. The number of nitrogens with zero attached hydrogens (tertiary/aromatic N) is 3. The molecule has 0 fully saturated rings. The standard InChI is InChI=1S/C28H39N3O5/c1-28(2,3)35-20-22(32)18-31(16-17-33-5)19-23-26(21-12-8-7-9-13-21)29-30(4)27(23)36-25-15-11-10-14-24(25)34-6/h7-15,22,32H,16-20H2,1-6H3/t22-/m0/s1. The highest BCUT2D eigenvalue weighted by Gasteiger charge is 2.24. The number of aliphatic hydroxyl groups is 1. The molecule has 0 aliphatic carbocycles. The van der Waals surface area contributed by atoms with Gasteiger partial charge in [-0.05, 0) is 32.9 Å². The van der Waals surface area contributed by atoms with Gasteiger partial charge in [-0.15, -0.1) is 0 Å². The van der Waals surface area contributed by atoms with Crippen molar-refractivity contribution in [3.05, 3.63) is 60.2 Å². The topological polar surface area (TPSA) is 78.2 Å². The minimum Gasteiger partial charge on any atom is -0.493 e. The number of benzene rings is 2. The van der Waals surface area contributed by atoms with Crippen molar-refractivity contribution in [3.8, 4) is 28.6 Å². The van der Waals surface area contributed by atoms with Crippen LogP contribution in [0.3, 0.4) is 0 Å². The molecule has 0 radical (unpaired) electrons. The van der Waals surface area contributed by atoms with Gasteiger partial charge in [-0.25, -0.2) is 4.68 Å². The number of hydrogen-bond acceptors (Lipinski definition) is 7. The highest BCUT2D eigenvalue weighted by atomic mass is 16.5. The van der Waals surface area contributed by atoms with Crippen LogP contribution in [0.2, 0.25) is 0 Å². The lowest BCUT2D eigenvalue weighted by atomic mass is 10.1. The lowest BCUT2D eigenvalue weighted by molar-refractivity contribution is -0.0576. The van der Waals surface area contributed by atoms with E-state index in [-0.39, 0.29) is 12.2 Å². The number of hydrogen-bond donors (Lipinski definition) is 1. The molecule has 0 aliphatic rings. The predicted octanol–water partition coefficient (Wildman–Crippen LogP) is 4.51. The summed E-state index contributed by atoms with van der Waals surface area (Å²) in [6.45, 7) is 8.24. The van der Waals surface area contributed by atoms with Crippen molar-refractivity contribution in [2.24, 2.45) is 7.05 Å². The van der Waals surface area contributed by atoms with Crippen molar-refractivity contribution in [2.75, 3.05) is 40.5 Å². The zero-order valence-corrected chi connectivity index (χ0v) is 22.2. The Labute approximate surface area is 214 Å². The van der Waals surface area contributed by atoms with Gasteiger partial charge >= 0.3 is 0 Å². The summed E-state index contributed by atoms with van der Waals surface area (Å²) in [5.41, 5.74) is 2.40. The van der Waals surface area contributed by atoms with Gasteiger partial charge in [-0.1, -0.05) is 42.5 Å². The second-order valence-corrected chi connectivity index (χ2v) is 9.68. The molecule has 0 aliphatic heterocycles. The molecule has 8 heteroatoms. The third-order valence-electron chi connectivity index (χ3n) is 5.58. The lowest BCUT2D eigenvalue weighted by Gasteiger charge is -2.27. The van der Waals surface area contributed by atoms with Gasteiger partial charge in [0.1, 0.15) is 5.69 Å². The molecule has 1 N–H and O–H groups in total. The van der Waals surface area contributed by atoms with Crippen LogP contribution in [0.1, 0.15) is 26.3 Å². The van der Waals surface area contributed by atoms with E-state index < -0.39 is 6.10 Å². The van der Waals surface area contributed by atoms with Crippen LogP contribution in [-0.2, 0) is 23.1 Å². The first-order valence-corrected chi connectivity index (χ1v) is 12.2. The SMILES string of the molecule is COCCN(Cc1c(-c2ccccc2)nn(C)c1Oc1ccccc1OC)C[C@H](O)COC(C)(C)C. The maximum absolute atomic E-state index is 10.7. The van der Waals surface area contributed by atoms with E-state index in [0.29, 0.717) is 43.6 Å². The van der Waals surface area contributed by atoms with Gasteiger partial charge in [-0.3, -0.25) is 4.90 Å². The monoisotopic (exact) mass is 497 g/mol. The Balaban J connectivity index is 1.96. The van der Waals surface area contributed by atoms with Crippen LogP contribution in [0.15, 0.2) is 54.6 Å². The highest BCUT2D eigenvalue weighted by Crippen LogP contribution is 2.37. The Morgan fingerprint density at radius 2 is 1.67 bits per heavy atom. The Morgan fingerprint density at radius 1 is 1.00 bits per heavy atom. The van der Waals surface area contributed by atoms with E-state index in [9.17, 15) is 5.11 Å². The van der Waals surface area contributed by atoms with Gasteiger partial charge in [0.25, 0.3) is 0 Å². The molecule has 0 amide bonds. The lowest BCUT2D eigenvalue weighted by Crippen LogP contribution is -2.38. The highest BCUT2D eigenvalue weighted by molar-refractivity contribution is 5.66. The van der Waals surface area contributed by atoms with E-state index in [4.69, 9.17) is 24.0 Å². The molecule has 0 saturated heterocycles. The van der Waals surface area contributed by atoms with E-state index in [1.54, 1.807) is 18.9 Å². The molecule has 0 saturated carbocycles. The second-order valence-electron chi connectivity index (χ2n) is 9.68. The first-order valence-electron chi connectivity index (χ1n) is 12.2. The van der Waals surface area contributed by atoms with Gasteiger partial charge in [0, 0.05) is 39.4 Å². The zero-order valence-electron chi connectivity index (χ0n) is 22.2. The van der Waals surface area contributed by atoms with Gasteiger partial charge in [-0.2, -0.15) is 5.10 Å². The fraction of sp³-hybridized carbons (Fsp3) is 0.464. The molecule has 1 atom stereocenters. The molecular weight excluding hydrogens is 458 g/mol. The van der Waals surface area contributed by atoms with E-state index in [1.807, 2.05) is 82.4 Å². The van der Waals surface area contributed by atoms with Crippen LogP contribution in [-0.4, -0.2) is 72.0 Å². The molecule has 3 aromatic rings. The first kappa shape index (κ1) is 27.7. The van der Waals surface area contributed by atoms with E-state index >= 15 is 0 Å². The molecule has 8 nitrogen and oxygen atoms in total. The van der Waals surface area contributed by atoms with Crippen molar-refractivity contribution in [3.63, 3.8) is 0 Å². The summed E-state index contributed by atoms with van der Waals surface area (Å²) in [4.78, 5) is 2.14. The fourth-order valence-electron chi connectivity index (χ4n) is 3.83. The van der Waals surface area contributed by atoms with Crippen molar-refractivity contribution in [2.45, 2.75) is 39.0 Å². The van der Waals surface area contributed by atoms with Crippen LogP contribution in [0.5, 0.6) is 17.4 Å². The summed E-state index contributed by atoms with van der Waals surface area (Å²) in [7, 11) is 5.16. The Hall–Kier alpha value is -2.91. The summed E-state index contributed by atoms with van der Waals surface area (Å²) >= 11 is 0. The van der Waals surface area contributed by atoms with E-state index in [0.717, 1.165) is 16.8 Å². The average Bonchev–Trinajstić information content (AvgIpc) is 3.16. The zero-order chi connectivity index (χ0) is 26.1. The van der Waals surface area contributed by atoms with Gasteiger partial charge in [0.15, 0.2) is 11.5 Å². The summed E-state index contributed by atoms with van der Waals surface area (Å²) in [6, 6.07) is 17.6. The molecule has 1 heterocycles.